The summed E-state index contributed by atoms with van der Waals surface area (Å²) in [5, 5.41) is 3.05. The second-order valence-corrected chi connectivity index (χ2v) is 6.28. The summed E-state index contributed by atoms with van der Waals surface area (Å²) < 4.78 is 21.6. The maximum Gasteiger partial charge on any atom is 0.287 e. The molecule has 0 aliphatic rings. The summed E-state index contributed by atoms with van der Waals surface area (Å²) in [5.74, 6) is -0.385. The number of rotatable bonds is 4. The number of carbonyl (C=O) groups is 1. The van der Waals surface area contributed by atoms with E-state index in [0.29, 0.717) is 28.0 Å². The molecular formula is C21H16FN3O3. The number of hydrogen-bond donors (Lipinski definition) is 1. The summed E-state index contributed by atoms with van der Waals surface area (Å²) in [7, 11) is 0. The predicted molar refractivity (Wildman–Crippen MR) is 102 cm³/mol. The Morgan fingerprint density at radius 3 is 2.79 bits per heavy atom. The van der Waals surface area contributed by atoms with E-state index in [1.54, 1.807) is 60.3 Å². The molecule has 0 atom stereocenters. The summed E-state index contributed by atoms with van der Waals surface area (Å²) in [6.45, 7) is 1.88. The first-order valence-corrected chi connectivity index (χ1v) is 8.63. The number of carbonyl (C=O) groups excluding carboxylic acids is 1. The molecule has 4 aromatic rings. The van der Waals surface area contributed by atoms with E-state index >= 15 is 0 Å². The number of benzene rings is 2. The number of amides is 1. The van der Waals surface area contributed by atoms with E-state index in [0.717, 1.165) is 6.07 Å². The molecule has 0 unspecified atom stereocenters. The van der Waals surface area contributed by atoms with E-state index in [1.807, 2.05) is 0 Å². The average Bonchev–Trinajstić information content (AvgIpc) is 3.12. The van der Waals surface area contributed by atoms with Gasteiger partial charge < -0.3 is 14.3 Å². The summed E-state index contributed by atoms with van der Waals surface area (Å²) in [6, 6.07) is 12.6. The van der Waals surface area contributed by atoms with E-state index in [-0.39, 0.29) is 17.7 Å². The Morgan fingerprint density at radius 2 is 2.04 bits per heavy atom. The molecule has 2 heterocycles. The molecule has 4 rings (SSSR count). The van der Waals surface area contributed by atoms with E-state index in [4.69, 9.17) is 4.42 Å². The Bertz CT molecular complexity index is 1240. The van der Waals surface area contributed by atoms with Crippen LogP contribution >= 0.6 is 0 Å². The van der Waals surface area contributed by atoms with Gasteiger partial charge in [-0.15, -0.1) is 0 Å². The molecule has 0 bridgehead atoms. The largest absolute Gasteiger partial charge is 0.451 e. The number of nitrogens with one attached hydrogen (secondary N) is 1. The molecule has 28 heavy (non-hydrogen) atoms. The minimum atomic E-state index is -0.544. The minimum Gasteiger partial charge on any atom is -0.451 e. The van der Waals surface area contributed by atoms with Gasteiger partial charge in [0.05, 0.1) is 11.1 Å². The minimum absolute atomic E-state index is 0.0881. The van der Waals surface area contributed by atoms with Gasteiger partial charge in [-0.1, -0.05) is 18.2 Å². The van der Waals surface area contributed by atoms with Gasteiger partial charge in [0.25, 0.3) is 5.91 Å². The van der Waals surface area contributed by atoms with Gasteiger partial charge in [0, 0.05) is 25.0 Å². The average molecular weight is 377 g/mol. The fraction of sp³-hybridized carbons (Fsp3) is 0.0952. The predicted octanol–water partition coefficient (Wildman–Crippen LogP) is 3.36. The van der Waals surface area contributed by atoms with Crippen LogP contribution in [0.15, 0.2) is 70.1 Å². The van der Waals surface area contributed by atoms with Gasteiger partial charge in [-0.3, -0.25) is 9.59 Å². The van der Waals surface area contributed by atoms with Gasteiger partial charge >= 0.3 is 0 Å². The van der Waals surface area contributed by atoms with Crippen LogP contribution in [0.2, 0.25) is 0 Å². The molecule has 1 N–H and O–H groups in total. The van der Waals surface area contributed by atoms with Crippen molar-refractivity contribution in [3.05, 3.63) is 94.1 Å². The first-order chi connectivity index (χ1) is 13.5. The molecule has 0 saturated carbocycles. The molecule has 0 saturated heterocycles. The molecule has 0 radical (unpaired) electrons. The zero-order valence-electron chi connectivity index (χ0n) is 15.0. The van der Waals surface area contributed by atoms with Crippen LogP contribution in [0.1, 0.15) is 21.9 Å². The number of aryl methyl sites for hydroxylation is 1. The lowest BCUT2D eigenvalue weighted by atomic mass is 10.2. The fourth-order valence-corrected chi connectivity index (χ4v) is 2.97. The van der Waals surface area contributed by atoms with Crippen LogP contribution < -0.4 is 10.7 Å². The SMILES string of the molecule is Cc1nccn1-c1ccc(CNC(=O)c2cc(=O)c3ccccc3o2)cc1F. The van der Waals surface area contributed by atoms with Crippen LogP contribution in [0.25, 0.3) is 16.7 Å². The van der Waals surface area contributed by atoms with Crippen molar-refractivity contribution >= 4 is 16.9 Å². The third-order valence-corrected chi connectivity index (χ3v) is 4.41. The van der Waals surface area contributed by atoms with E-state index in [2.05, 4.69) is 10.3 Å². The smallest absolute Gasteiger partial charge is 0.287 e. The third kappa shape index (κ3) is 3.29. The Balaban J connectivity index is 1.52. The Hall–Kier alpha value is -3.74. The first kappa shape index (κ1) is 17.7. The number of fused-ring (bicyclic) bond motifs is 1. The van der Waals surface area contributed by atoms with Gasteiger partial charge in [-0.25, -0.2) is 9.37 Å². The van der Waals surface area contributed by atoms with Crippen molar-refractivity contribution < 1.29 is 13.6 Å². The first-order valence-electron chi connectivity index (χ1n) is 8.63. The van der Waals surface area contributed by atoms with Gasteiger partial charge in [-0.05, 0) is 36.8 Å². The number of halogens is 1. The molecule has 2 aromatic heterocycles. The van der Waals surface area contributed by atoms with E-state index in [9.17, 15) is 14.0 Å². The van der Waals surface area contributed by atoms with Crippen LogP contribution in [0.5, 0.6) is 0 Å². The number of imidazole rings is 1. The van der Waals surface area contributed by atoms with Gasteiger partial charge in [0.1, 0.15) is 17.2 Å². The molecule has 0 aliphatic carbocycles. The summed E-state index contributed by atoms with van der Waals surface area (Å²) in [4.78, 5) is 28.5. The van der Waals surface area contributed by atoms with E-state index < -0.39 is 11.7 Å². The van der Waals surface area contributed by atoms with E-state index in [1.165, 1.54) is 6.07 Å². The van der Waals surface area contributed by atoms with Crippen LogP contribution in [-0.2, 0) is 6.54 Å². The maximum atomic E-state index is 14.4. The Kier molecular flexibility index (Phi) is 4.49. The van der Waals surface area contributed by atoms with Gasteiger partial charge in [0.15, 0.2) is 11.2 Å². The molecule has 0 spiro atoms. The number of para-hydroxylation sites is 1. The highest BCUT2D eigenvalue weighted by atomic mass is 19.1. The number of aromatic nitrogens is 2. The van der Waals surface area contributed by atoms with Crippen LogP contribution in [-0.4, -0.2) is 15.5 Å². The highest BCUT2D eigenvalue weighted by Gasteiger charge is 2.13. The molecule has 6 nitrogen and oxygen atoms in total. The summed E-state index contributed by atoms with van der Waals surface area (Å²) in [5.41, 5.74) is 1.01. The van der Waals surface area contributed by atoms with Gasteiger partial charge in [0.2, 0.25) is 0 Å². The molecule has 7 heteroatoms. The Morgan fingerprint density at radius 1 is 1.21 bits per heavy atom. The quantitative estimate of drug-likeness (QED) is 0.592. The van der Waals surface area contributed by atoms with Crippen molar-refractivity contribution in [3.8, 4) is 5.69 Å². The normalized spacial score (nSPS) is 10.9. The molecule has 0 fully saturated rings. The number of nitrogens with zero attached hydrogens (tertiary/aromatic N) is 2. The highest BCUT2D eigenvalue weighted by molar-refractivity contribution is 5.93. The lowest BCUT2D eigenvalue weighted by Crippen LogP contribution is -2.24. The summed E-state index contributed by atoms with van der Waals surface area (Å²) in [6.07, 6.45) is 3.27. The lowest BCUT2D eigenvalue weighted by molar-refractivity contribution is 0.0923. The topological polar surface area (TPSA) is 77.1 Å². The van der Waals surface area contributed by atoms with Crippen molar-refractivity contribution in [1.82, 2.24) is 14.9 Å². The fourth-order valence-electron chi connectivity index (χ4n) is 2.97. The molecule has 2 aromatic carbocycles. The molecular weight excluding hydrogens is 361 g/mol. The molecule has 0 aliphatic heterocycles. The Labute approximate surface area is 159 Å². The van der Waals surface area contributed by atoms with Gasteiger partial charge in [-0.2, -0.15) is 0 Å². The van der Waals surface area contributed by atoms with Crippen LogP contribution in [0.3, 0.4) is 0 Å². The van der Waals surface area contributed by atoms with Crippen molar-refractivity contribution in [3.63, 3.8) is 0 Å². The van der Waals surface area contributed by atoms with Crippen LogP contribution in [0, 0.1) is 12.7 Å². The molecule has 1 amide bonds. The van der Waals surface area contributed by atoms with Crippen molar-refractivity contribution in [1.29, 1.82) is 0 Å². The zero-order chi connectivity index (χ0) is 19.7. The van der Waals surface area contributed by atoms with Crippen molar-refractivity contribution in [2.45, 2.75) is 13.5 Å². The monoisotopic (exact) mass is 377 g/mol. The zero-order valence-corrected chi connectivity index (χ0v) is 15.0. The third-order valence-electron chi connectivity index (χ3n) is 4.41. The van der Waals surface area contributed by atoms with Crippen molar-refractivity contribution in [2.75, 3.05) is 0 Å². The van der Waals surface area contributed by atoms with Crippen molar-refractivity contribution in [2.24, 2.45) is 0 Å². The maximum absolute atomic E-state index is 14.4. The van der Waals surface area contributed by atoms with Crippen LogP contribution in [0.4, 0.5) is 4.39 Å². The second kappa shape index (κ2) is 7.11. The molecule has 140 valence electrons. The number of hydrogen-bond acceptors (Lipinski definition) is 4. The lowest BCUT2D eigenvalue weighted by Gasteiger charge is -2.09. The second-order valence-electron chi connectivity index (χ2n) is 6.28. The summed E-state index contributed by atoms with van der Waals surface area (Å²) >= 11 is 0. The highest BCUT2D eigenvalue weighted by Crippen LogP contribution is 2.17. The standard InChI is InChI=1S/C21H16FN3O3/c1-13-23-8-9-25(13)17-7-6-14(10-16(17)22)12-24-21(27)20-11-18(26)15-4-2-3-5-19(15)28-20/h2-11H,12H2,1H3,(H,24,27).